The topological polar surface area (TPSA) is 104 Å². The van der Waals surface area contributed by atoms with Crippen LogP contribution >= 0.6 is 23.2 Å². The van der Waals surface area contributed by atoms with Crippen LogP contribution in [0.5, 0.6) is 0 Å². The molecule has 88 valence electrons. The van der Waals surface area contributed by atoms with E-state index in [9.17, 15) is 14.9 Å². The molecular formula is C9H4Cl2N2O4. The molecule has 1 unspecified atom stereocenters. The second-order valence-corrected chi connectivity index (χ2v) is 3.79. The molecule has 0 saturated carbocycles. The van der Waals surface area contributed by atoms with Gasteiger partial charge in [0.25, 0.3) is 5.69 Å². The van der Waals surface area contributed by atoms with E-state index in [1.54, 1.807) is 0 Å². The molecular weight excluding hydrogens is 271 g/mol. The molecule has 1 aromatic carbocycles. The van der Waals surface area contributed by atoms with Gasteiger partial charge in [-0.3, -0.25) is 14.9 Å². The number of nitro benzene ring substituents is 1. The van der Waals surface area contributed by atoms with Crippen LogP contribution in [0.2, 0.25) is 10.0 Å². The van der Waals surface area contributed by atoms with E-state index >= 15 is 0 Å². The first-order chi connectivity index (χ1) is 7.88. The van der Waals surface area contributed by atoms with E-state index in [4.69, 9.17) is 33.6 Å². The van der Waals surface area contributed by atoms with Crippen LogP contribution < -0.4 is 0 Å². The summed E-state index contributed by atoms with van der Waals surface area (Å²) < 4.78 is 0. The van der Waals surface area contributed by atoms with Gasteiger partial charge >= 0.3 is 5.97 Å². The molecule has 0 amide bonds. The number of hydrogen-bond donors (Lipinski definition) is 1. The Kier molecular flexibility index (Phi) is 3.89. The van der Waals surface area contributed by atoms with Crippen LogP contribution in [-0.4, -0.2) is 16.0 Å². The van der Waals surface area contributed by atoms with Crippen LogP contribution in [0.3, 0.4) is 0 Å². The summed E-state index contributed by atoms with van der Waals surface area (Å²) in [6.45, 7) is 0. The third-order valence-electron chi connectivity index (χ3n) is 1.94. The lowest BCUT2D eigenvalue weighted by Gasteiger charge is -2.08. The van der Waals surface area contributed by atoms with Crippen molar-refractivity contribution in [2.45, 2.75) is 5.92 Å². The summed E-state index contributed by atoms with van der Waals surface area (Å²) in [7, 11) is 0. The number of nitro groups is 1. The van der Waals surface area contributed by atoms with Crippen molar-refractivity contribution in [1.29, 1.82) is 5.26 Å². The highest BCUT2D eigenvalue weighted by Crippen LogP contribution is 2.35. The van der Waals surface area contributed by atoms with Gasteiger partial charge in [0.2, 0.25) is 0 Å². The standard InChI is InChI=1S/C9H4Cl2N2O4/c10-6-1-4(13(16)17)2-7(11)8(6)5(3-12)9(14)15/h1-2,5H,(H,14,15). The van der Waals surface area contributed by atoms with E-state index in [1.807, 2.05) is 0 Å². The van der Waals surface area contributed by atoms with Crippen molar-refractivity contribution < 1.29 is 14.8 Å². The maximum Gasteiger partial charge on any atom is 0.325 e. The number of nitrogens with zero attached hydrogens (tertiary/aromatic N) is 2. The number of rotatable bonds is 3. The molecule has 17 heavy (non-hydrogen) atoms. The third-order valence-corrected chi connectivity index (χ3v) is 2.56. The quantitative estimate of drug-likeness (QED) is 0.674. The lowest BCUT2D eigenvalue weighted by molar-refractivity contribution is -0.384. The van der Waals surface area contributed by atoms with Gasteiger partial charge < -0.3 is 5.11 Å². The van der Waals surface area contributed by atoms with Crippen molar-refractivity contribution >= 4 is 34.9 Å². The van der Waals surface area contributed by atoms with E-state index in [0.717, 1.165) is 12.1 Å². The predicted molar refractivity (Wildman–Crippen MR) is 59.1 cm³/mol. The van der Waals surface area contributed by atoms with Crippen molar-refractivity contribution in [3.63, 3.8) is 0 Å². The first-order valence-electron chi connectivity index (χ1n) is 4.14. The minimum atomic E-state index is -1.56. The van der Waals surface area contributed by atoms with Crippen molar-refractivity contribution in [1.82, 2.24) is 0 Å². The molecule has 0 saturated heterocycles. The Balaban J connectivity index is 3.42. The van der Waals surface area contributed by atoms with Gasteiger partial charge in [0.1, 0.15) is 0 Å². The second-order valence-electron chi connectivity index (χ2n) is 2.98. The molecule has 0 aliphatic heterocycles. The van der Waals surface area contributed by atoms with E-state index in [-0.39, 0.29) is 21.3 Å². The molecule has 0 fully saturated rings. The van der Waals surface area contributed by atoms with Crippen molar-refractivity contribution in [2.75, 3.05) is 0 Å². The number of non-ortho nitro benzene ring substituents is 1. The molecule has 1 aromatic rings. The largest absolute Gasteiger partial charge is 0.480 e. The van der Waals surface area contributed by atoms with E-state index in [0.29, 0.717) is 0 Å². The van der Waals surface area contributed by atoms with Crippen LogP contribution in [0.1, 0.15) is 11.5 Å². The molecule has 8 heteroatoms. The Morgan fingerprint density at radius 3 is 2.24 bits per heavy atom. The Morgan fingerprint density at radius 2 is 1.94 bits per heavy atom. The van der Waals surface area contributed by atoms with Gasteiger partial charge in [-0.25, -0.2) is 0 Å². The number of carboxylic acids is 1. The van der Waals surface area contributed by atoms with Crippen LogP contribution in [0.25, 0.3) is 0 Å². The summed E-state index contributed by atoms with van der Waals surface area (Å²) in [6.07, 6.45) is 0. The number of carboxylic acid groups (broad SMARTS) is 1. The monoisotopic (exact) mass is 274 g/mol. The fraction of sp³-hybridized carbons (Fsp3) is 0.111. The van der Waals surface area contributed by atoms with Gasteiger partial charge in [-0.05, 0) is 0 Å². The highest BCUT2D eigenvalue weighted by Gasteiger charge is 2.26. The van der Waals surface area contributed by atoms with Gasteiger partial charge in [-0.1, -0.05) is 23.2 Å². The molecule has 0 spiro atoms. The summed E-state index contributed by atoms with van der Waals surface area (Å²) in [5.74, 6) is -2.99. The van der Waals surface area contributed by atoms with Crippen LogP contribution in [0.15, 0.2) is 12.1 Å². The Labute approximate surface area is 105 Å². The summed E-state index contributed by atoms with van der Waals surface area (Å²) in [5, 5.41) is 27.5. The fourth-order valence-electron chi connectivity index (χ4n) is 1.20. The zero-order chi connectivity index (χ0) is 13.2. The van der Waals surface area contributed by atoms with Crippen molar-refractivity contribution in [3.05, 3.63) is 37.9 Å². The van der Waals surface area contributed by atoms with Gasteiger partial charge in [-0.15, -0.1) is 0 Å². The van der Waals surface area contributed by atoms with Crippen LogP contribution in [0, 0.1) is 21.4 Å². The maximum absolute atomic E-state index is 10.8. The fourth-order valence-corrected chi connectivity index (χ4v) is 1.89. The number of halogens is 2. The van der Waals surface area contributed by atoms with Crippen LogP contribution in [-0.2, 0) is 4.79 Å². The molecule has 0 radical (unpaired) electrons. The first kappa shape index (κ1) is 13.2. The minimum absolute atomic E-state index is 0.145. The molecule has 1 rings (SSSR count). The molecule has 1 N–H and O–H groups in total. The zero-order valence-corrected chi connectivity index (χ0v) is 9.57. The molecule has 0 aromatic heterocycles. The molecule has 0 heterocycles. The van der Waals surface area contributed by atoms with Gasteiger partial charge in [-0.2, -0.15) is 5.26 Å². The van der Waals surface area contributed by atoms with Gasteiger partial charge in [0, 0.05) is 17.7 Å². The summed E-state index contributed by atoms with van der Waals surface area (Å²) in [4.78, 5) is 20.6. The summed E-state index contributed by atoms with van der Waals surface area (Å²) in [6, 6.07) is 3.42. The Bertz CT molecular complexity index is 515. The molecule has 6 nitrogen and oxygen atoms in total. The Hall–Kier alpha value is -1.84. The van der Waals surface area contributed by atoms with E-state index in [2.05, 4.69) is 0 Å². The van der Waals surface area contributed by atoms with E-state index in [1.165, 1.54) is 6.07 Å². The predicted octanol–water partition coefficient (Wildman–Crippen LogP) is 2.59. The number of nitriles is 1. The number of aliphatic carboxylic acids is 1. The highest BCUT2D eigenvalue weighted by molar-refractivity contribution is 6.36. The third kappa shape index (κ3) is 2.64. The number of benzene rings is 1. The normalized spacial score (nSPS) is 11.6. The zero-order valence-electron chi connectivity index (χ0n) is 8.05. The van der Waals surface area contributed by atoms with Gasteiger partial charge in [0.15, 0.2) is 5.92 Å². The van der Waals surface area contributed by atoms with Crippen LogP contribution in [0.4, 0.5) is 5.69 Å². The summed E-state index contributed by atoms with van der Waals surface area (Å²) in [5.41, 5.74) is -0.514. The number of carbonyl (C=O) groups is 1. The highest BCUT2D eigenvalue weighted by atomic mass is 35.5. The van der Waals surface area contributed by atoms with Gasteiger partial charge in [0.05, 0.1) is 21.0 Å². The average molecular weight is 275 g/mol. The smallest absolute Gasteiger partial charge is 0.325 e. The lowest BCUT2D eigenvalue weighted by atomic mass is 10.0. The first-order valence-corrected chi connectivity index (χ1v) is 4.89. The average Bonchev–Trinajstić information content (AvgIpc) is 2.22. The van der Waals surface area contributed by atoms with E-state index < -0.39 is 16.8 Å². The minimum Gasteiger partial charge on any atom is -0.480 e. The summed E-state index contributed by atoms with van der Waals surface area (Å²) >= 11 is 11.4. The molecule has 0 bridgehead atoms. The molecule has 1 atom stereocenters. The lowest BCUT2D eigenvalue weighted by Crippen LogP contribution is -2.10. The number of hydrogen-bond acceptors (Lipinski definition) is 4. The maximum atomic E-state index is 10.8. The Morgan fingerprint density at radius 1 is 1.47 bits per heavy atom. The molecule has 0 aliphatic carbocycles. The molecule has 0 aliphatic rings. The second kappa shape index (κ2) is 4.99. The van der Waals surface area contributed by atoms with Crippen molar-refractivity contribution in [2.24, 2.45) is 0 Å². The SMILES string of the molecule is N#CC(C(=O)O)c1c(Cl)cc([N+](=O)[O-])cc1Cl. The van der Waals surface area contributed by atoms with Crippen molar-refractivity contribution in [3.8, 4) is 6.07 Å².